The number of carbonyl (C=O) groups is 4. The SMILES string of the molecule is C=C(CO)[C@@H]1CC[C@]2(C(=O)N3CCC[C@H]3C(=O)OC)CC[C@]3(C)[C@H](CC[C@@H]4[C@@]5(C)CC[C@H](OC(C)=O)[C@@](C)(COC(C)=O)[C@@H]5CC[C@]43C)[C@@H]12. The number of methoxy groups -OCH3 is 1. The van der Waals surface area contributed by atoms with Crippen LogP contribution in [-0.2, 0) is 33.4 Å². The van der Waals surface area contributed by atoms with E-state index in [1.807, 2.05) is 4.90 Å². The fourth-order valence-corrected chi connectivity index (χ4v) is 13.9. The predicted molar refractivity (Wildman–Crippen MR) is 184 cm³/mol. The molecule has 1 N–H and O–H groups in total. The first-order valence-corrected chi connectivity index (χ1v) is 19.0. The molecule has 9 nitrogen and oxygen atoms in total. The minimum absolute atomic E-state index is 0.00285. The number of likely N-dealkylation sites (tertiary alicyclic amines) is 1. The minimum Gasteiger partial charge on any atom is -0.467 e. The van der Waals surface area contributed by atoms with E-state index in [9.17, 15) is 24.3 Å². The molecule has 49 heavy (non-hydrogen) atoms. The normalized spacial score (nSPS) is 45.6. The van der Waals surface area contributed by atoms with Crippen LogP contribution < -0.4 is 0 Å². The first-order chi connectivity index (χ1) is 23.0. The average molecular weight is 684 g/mol. The molecule has 5 aliphatic carbocycles. The Balaban J connectivity index is 1.36. The van der Waals surface area contributed by atoms with Gasteiger partial charge in [0.2, 0.25) is 5.91 Å². The third-order valence-corrected chi connectivity index (χ3v) is 16.2. The van der Waals surface area contributed by atoms with E-state index in [0.29, 0.717) is 18.9 Å². The molecular formula is C40H61NO8. The van der Waals surface area contributed by atoms with Crippen LogP contribution in [0.2, 0.25) is 0 Å². The molecule has 1 amide bonds. The smallest absolute Gasteiger partial charge is 0.328 e. The molecule has 0 bridgehead atoms. The van der Waals surface area contributed by atoms with Gasteiger partial charge in [-0.3, -0.25) is 14.4 Å². The number of nitrogens with zero attached hydrogens (tertiary/aromatic N) is 1. The van der Waals surface area contributed by atoms with Crippen LogP contribution in [0.5, 0.6) is 0 Å². The van der Waals surface area contributed by atoms with Crippen LogP contribution >= 0.6 is 0 Å². The summed E-state index contributed by atoms with van der Waals surface area (Å²) in [6, 6.07) is -0.521. The third kappa shape index (κ3) is 5.24. The number of esters is 3. The summed E-state index contributed by atoms with van der Waals surface area (Å²) >= 11 is 0. The summed E-state index contributed by atoms with van der Waals surface area (Å²) in [7, 11) is 1.41. The lowest BCUT2D eigenvalue weighted by Gasteiger charge is -2.73. The second-order valence-electron chi connectivity index (χ2n) is 17.9. The topological polar surface area (TPSA) is 119 Å². The monoisotopic (exact) mass is 683 g/mol. The minimum atomic E-state index is -0.571. The zero-order valence-corrected chi connectivity index (χ0v) is 31.1. The molecule has 0 aromatic heterocycles. The van der Waals surface area contributed by atoms with E-state index < -0.39 is 16.9 Å². The van der Waals surface area contributed by atoms with Crippen LogP contribution in [0.3, 0.4) is 0 Å². The Kier molecular flexibility index (Phi) is 9.40. The molecule has 0 spiro atoms. The summed E-state index contributed by atoms with van der Waals surface area (Å²) in [5.41, 5.74) is -0.296. The molecule has 5 saturated carbocycles. The molecule has 274 valence electrons. The number of fused-ring (bicyclic) bond motifs is 7. The molecule has 0 unspecified atom stereocenters. The van der Waals surface area contributed by atoms with Crippen LogP contribution in [0.25, 0.3) is 0 Å². The van der Waals surface area contributed by atoms with Gasteiger partial charge in [-0.2, -0.15) is 0 Å². The van der Waals surface area contributed by atoms with E-state index in [1.54, 1.807) is 0 Å². The maximum Gasteiger partial charge on any atom is 0.328 e. The summed E-state index contributed by atoms with van der Waals surface area (Å²) in [4.78, 5) is 53.9. The van der Waals surface area contributed by atoms with E-state index in [1.165, 1.54) is 21.0 Å². The Morgan fingerprint density at radius 1 is 0.837 bits per heavy atom. The standard InChI is InChI=1S/C40H61NO8/c1-24(22-42)27-13-18-40(35(46)41-21-9-10-29(41)34(45)47-8)20-19-38(6)28(33(27)40)11-12-31-36(4)16-15-32(49-26(3)44)37(5,23-48-25(2)43)30(36)14-17-39(31,38)7/h27-33,42H,1,9-23H2,2-8H3/t27-,28+,29-,30+,31+,32-,33+,36-,37-,38+,39+,40-/m0/s1. The van der Waals surface area contributed by atoms with Crippen molar-refractivity contribution in [1.29, 1.82) is 0 Å². The van der Waals surface area contributed by atoms with Gasteiger partial charge in [0.25, 0.3) is 0 Å². The Hall–Kier alpha value is -2.42. The molecule has 9 heteroatoms. The van der Waals surface area contributed by atoms with Crippen molar-refractivity contribution in [3.05, 3.63) is 12.2 Å². The summed E-state index contributed by atoms with van der Waals surface area (Å²) in [5, 5.41) is 10.4. The molecule has 1 aliphatic heterocycles. The van der Waals surface area contributed by atoms with Gasteiger partial charge >= 0.3 is 17.9 Å². The number of carbonyl (C=O) groups excluding carboxylic acids is 4. The number of amides is 1. The predicted octanol–water partition coefficient (Wildman–Crippen LogP) is 6.26. The highest BCUT2D eigenvalue weighted by molar-refractivity contribution is 5.89. The fraction of sp³-hybridized carbons (Fsp3) is 0.850. The van der Waals surface area contributed by atoms with Gasteiger partial charge in [-0.25, -0.2) is 4.79 Å². The number of aliphatic hydroxyl groups is 1. The van der Waals surface area contributed by atoms with E-state index in [-0.39, 0.29) is 83.0 Å². The zero-order chi connectivity index (χ0) is 35.7. The summed E-state index contributed by atoms with van der Waals surface area (Å²) in [5.74, 6) is 0.243. The number of hydrogen-bond donors (Lipinski definition) is 1. The highest BCUT2D eigenvalue weighted by Crippen LogP contribution is 2.78. The first kappa shape index (κ1) is 36.4. The van der Waals surface area contributed by atoms with Gasteiger partial charge in [-0.1, -0.05) is 34.3 Å². The number of rotatable bonds is 7. The lowest BCUT2D eigenvalue weighted by atomic mass is 9.32. The van der Waals surface area contributed by atoms with Gasteiger partial charge in [-0.05, 0) is 128 Å². The fourth-order valence-electron chi connectivity index (χ4n) is 13.9. The molecular weight excluding hydrogens is 622 g/mol. The average Bonchev–Trinajstić information content (AvgIpc) is 3.71. The Morgan fingerprint density at radius 2 is 1.57 bits per heavy atom. The lowest BCUT2D eigenvalue weighted by Crippen LogP contribution is -2.68. The Morgan fingerprint density at radius 3 is 2.22 bits per heavy atom. The van der Waals surface area contributed by atoms with Gasteiger partial charge in [-0.15, -0.1) is 0 Å². The van der Waals surface area contributed by atoms with Crippen LogP contribution in [0.15, 0.2) is 12.2 Å². The second kappa shape index (κ2) is 12.7. The van der Waals surface area contributed by atoms with E-state index >= 15 is 0 Å². The van der Waals surface area contributed by atoms with Crippen LogP contribution in [0, 0.1) is 56.7 Å². The van der Waals surface area contributed by atoms with E-state index in [0.717, 1.165) is 76.2 Å². The van der Waals surface area contributed by atoms with Crippen molar-refractivity contribution in [3.63, 3.8) is 0 Å². The third-order valence-electron chi connectivity index (χ3n) is 16.2. The van der Waals surface area contributed by atoms with E-state index in [2.05, 4.69) is 34.3 Å². The van der Waals surface area contributed by atoms with Gasteiger partial charge in [0.15, 0.2) is 0 Å². The quantitative estimate of drug-likeness (QED) is 0.190. The van der Waals surface area contributed by atoms with Crippen LogP contribution in [0.1, 0.15) is 119 Å². The van der Waals surface area contributed by atoms with Crippen molar-refractivity contribution >= 4 is 23.8 Å². The molecule has 0 radical (unpaired) electrons. The van der Waals surface area contributed by atoms with Crippen molar-refractivity contribution in [2.24, 2.45) is 56.7 Å². The van der Waals surface area contributed by atoms with Gasteiger partial charge < -0.3 is 24.2 Å². The van der Waals surface area contributed by atoms with Crippen molar-refractivity contribution in [1.82, 2.24) is 4.90 Å². The largest absolute Gasteiger partial charge is 0.467 e. The second-order valence-corrected chi connectivity index (χ2v) is 17.9. The van der Waals surface area contributed by atoms with Gasteiger partial charge in [0, 0.05) is 25.8 Å². The highest BCUT2D eigenvalue weighted by atomic mass is 16.6. The molecule has 12 atom stereocenters. The van der Waals surface area contributed by atoms with Crippen molar-refractivity contribution in [2.45, 2.75) is 131 Å². The van der Waals surface area contributed by atoms with Crippen LogP contribution in [0.4, 0.5) is 0 Å². The maximum absolute atomic E-state index is 14.9. The van der Waals surface area contributed by atoms with E-state index in [4.69, 9.17) is 14.2 Å². The van der Waals surface area contributed by atoms with Crippen molar-refractivity contribution < 1.29 is 38.5 Å². The molecule has 1 heterocycles. The molecule has 0 aromatic rings. The number of hydrogen-bond acceptors (Lipinski definition) is 8. The Labute approximate surface area is 293 Å². The van der Waals surface area contributed by atoms with Gasteiger partial charge in [0.05, 0.1) is 19.1 Å². The number of ether oxygens (including phenoxy) is 3. The lowest BCUT2D eigenvalue weighted by molar-refractivity contribution is -0.257. The zero-order valence-electron chi connectivity index (χ0n) is 31.1. The maximum atomic E-state index is 14.9. The first-order valence-electron chi connectivity index (χ1n) is 19.0. The molecule has 6 fully saturated rings. The Bertz CT molecular complexity index is 1380. The van der Waals surface area contributed by atoms with Gasteiger partial charge in [0.1, 0.15) is 18.8 Å². The summed E-state index contributed by atoms with van der Waals surface area (Å²) in [6.07, 6.45) is 10.2. The van der Waals surface area contributed by atoms with Crippen molar-refractivity contribution in [3.8, 4) is 0 Å². The summed E-state index contributed by atoms with van der Waals surface area (Å²) < 4.78 is 16.9. The van der Waals surface area contributed by atoms with Crippen molar-refractivity contribution in [2.75, 3.05) is 26.9 Å². The molecule has 1 saturated heterocycles. The summed E-state index contributed by atoms with van der Waals surface area (Å²) in [6.45, 7) is 17.7. The highest BCUT2D eigenvalue weighted by Gasteiger charge is 2.73. The molecule has 0 aromatic carbocycles. The van der Waals surface area contributed by atoms with Crippen LogP contribution in [-0.4, -0.2) is 72.8 Å². The number of aliphatic hydroxyl groups excluding tert-OH is 1. The molecule has 6 rings (SSSR count). The molecule has 6 aliphatic rings.